The number of fused-ring (bicyclic) bond motifs is 1. The van der Waals surface area contributed by atoms with Crippen LogP contribution in [0.1, 0.15) is 65.8 Å². The first kappa shape index (κ1) is 56.6. The number of hydrogen-bond donors (Lipinski definition) is 2. The number of benzene rings is 8. The molecule has 11 rings (SSSR count). The van der Waals surface area contributed by atoms with Crippen molar-refractivity contribution in [2.75, 3.05) is 13.2 Å². The van der Waals surface area contributed by atoms with Gasteiger partial charge in [0.25, 0.3) is 0 Å². The highest BCUT2D eigenvalue weighted by Crippen LogP contribution is 2.41. The maximum absolute atomic E-state index is 14.1. The van der Waals surface area contributed by atoms with Crippen molar-refractivity contribution in [1.29, 1.82) is 0 Å². The summed E-state index contributed by atoms with van der Waals surface area (Å²) in [4.78, 5) is 28.3. The fourth-order valence-electron chi connectivity index (χ4n) is 10.3. The van der Waals surface area contributed by atoms with E-state index in [1.165, 1.54) is 0 Å². The van der Waals surface area contributed by atoms with Crippen molar-refractivity contribution in [2.45, 2.75) is 94.1 Å². The van der Waals surface area contributed by atoms with Crippen LogP contribution in [0.15, 0.2) is 231 Å². The Bertz CT molecular complexity index is 3350. The summed E-state index contributed by atoms with van der Waals surface area (Å²) >= 11 is 0. The lowest BCUT2D eigenvalue weighted by molar-refractivity contribution is -0.328. The third kappa shape index (κ3) is 14.5. The Kier molecular flexibility index (Phi) is 18.9. The number of carbonyl (C=O) groups is 2. The molecule has 0 aromatic heterocycles. The van der Waals surface area contributed by atoms with E-state index >= 15 is 0 Å². The molecule has 0 spiro atoms. The summed E-state index contributed by atoms with van der Waals surface area (Å²) in [5.74, 6) is -0.258. The van der Waals surface area contributed by atoms with Crippen LogP contribution in [0.3, 0.4) is 0 Å². The maximum atomic E-state index is 14.1. The van der Waals surface area contributed by atoms with Crippen molar-refractivity contribution >= 4 is 17.5 Å². The first-order valence-electron chi connectivity index (χ1n) is 27.8. The molecule has 3 aliphatic heterocycles. The van der Waals surface area contributed by atoms with Crippen molar-refractivity contribution < 1.29 is 67.2 Å². The average molecular weight is 1120 g/mol. The van der Waals surface area contributed by atoms with Crippen molar-refractivity contribution in [3.8, 4) is 11.5 Å². The van der Waals surface area contributed by atoms with Crippen LogP contribution in [0.25, 0.3) is 5.57 Å². The second-order valence-corrected chi connectivity index (χ2v) is 20.6. The molecule has 2 saturated heterocycles. The molecule has 0 unspecified atom stereocenters. The van der Waals surface area contributed by atoms with Gasteiger partial charge in [0.1, 0.15) is 60.8 Å². The van der Waals surface area contributed by atoms with Crippen molar-refractivity contribution in [3.63, 3.8) is 0 Å². The lowest BCUT2D eigenvalue weighted by Crippen LogP contribution is -2.62. The van der Waals surface area contributed by atoms with Crippen LogP contribution in [0.5, 0.6) is 11.5 Å². The van der Waals surface area contributed by atoms with E-state index in [0.29, 0.717) is 24.3 Å². The van der Waals surface area contributed by atoms with E-state index in [9.17, 15) is 19.8 Å². The minimum absolute atomic E-state index is 0.0240. The molecule has 8 aromatic carbocycles. The Morgan fingerprint density at radius 3 is 1.57 bits per heavy atom. The molecule has 0 saturated carbocycles. The lowest BCUT2D eigenvalue weighted by atomic mass is 9.89. The maximum Gasteiger partial charge on any atom is 0.338 e. The Hall–Kier alpha value is -8.28. The molecule has 83 heavy (non-hydrogen) atoms. The molecular weight excluding hydrogens is 1050 g/mol. The molecule has 0 aliphatic carbocycles. The molecular formula is C69H64O14. The van der Waals surface area contributed by atoms with E-state index in [2.05, 4.69) is 0 Å². The summed E-state index contributed by atoms with van der Waals surface area (Å²) < 4.78 is 64.5. The minimum atomic E-state index is -1.67. The van der Waals surface area contributed by atoms with E-state index in [0.717, 1.165) is 44.7 Å². The quantitative estimate of drug-likeness (QED) is 0.0615. The summed E-state index contributed by atoms with van der Waals surface area (Å²) in [6.07, 6.45) is -10.4. The predicted molar refractivity (Wildman–Crippen MR) is 308 cm³/mol. The Morgan fingerprint density at radius 1 is 0.470 bits per heavy atom. The third-order valence-corrected chi connectivity index (χ3v) is 14.8. The van der Waals surface area contributed by atoms with Gasteiger partial charge in [-0.1, -0.05) is 182 Å². The first-order chi connectivity index (χ1) is 40.8. The smallest absolute Gasteiger partial charge is 0.338 e. The minimum Gasteiger partial charge on any atom is -0.489 e. The molecule has 2 fully saturated rings. The molecule has 3 aliphatic rings. The van der Waals surface area contributed by atoms with Crippen molar-refractivity contribution in [2.24, 2.45) is 0 Å². The van der Waals surface area contributed by atoms with Crippen LogP contribution < -0.4 is 9.47 Å². The van der Waals surface area contributed by atoms with Gasteiger partial charge in [0.2, 0.25) is 0 Å². The highest BCUT2D eigenvalue weighted by atomic mass is 16.7. The normalized spacial score (nSPS) is 22.9. The fourth-order valence-corrected chi connectivity index (χ4v) is 10.3. The number of allylic oxidation sites excluding steroid dienone is 1. The summed E-state index contributed by atoms with van der Waals surface area (Å²) in [7, 11) is 0. The molecule has 8 aromatic rings. The van der Waals surface area contributed by atoms with Gasteiger partial charge in [-0.25, -0.2) is 9.59 Å². The van der Waals surface area contributed by atoms with E-state index in [-0.39, 0.29) is 37.6 Å². The second kappa shape index (κ2) is 27.7. The largest absolute Gasteiger partial charge is 0.489 e. The molecule has 14 nitrogen and oxygen atoms in total. The first-order valence-corrected chi connectivity index (χ1v) is 27.8. The standard InChI is InChI=1S/C69H64O14/c70-60-58(45-79-69-61(71)64(78-42-49-25-13-4-14-26-49)63(77-41-48-23-11-3-12-24-48)59(81-69)44-74-39-46-19-7-1-8-20-46)80-62(66(83-68(73)52-29-17-6-18-30-52)65(60)82-67(72)51-27-15-5-16-28-51)54-32-31-53-37-55(43-76-57(53)38-54)50-33-35-56(36-34-50)75-40-47-21-9-2-10-22-47/h1-36,38,43,58-66,69-71H,37,39-42,44-45H2/t58-,59-,60-,61-,62+,63-,64-,65+,66+,69+/m1/s1. The van der Waals surface area contributed by atoms with E-state index < -0.39 is 79.8 Å². The molecule has 0 bridgehead atoms. The van der Waals surface area contributed by atoms with Crippen molar-refractivity contribution in [1.82, 2.24) is 0 Å². The summed E-state index contributed by atoms with van der Waals surface area (Å²) in [6, 6.07) is 69.0. The molecule has 0 radical (unpaired) electrons. The number of carbonyl (C=O) groups excluding carboxylic acids is 2. The van der Waals surface area contributed by atoms with Gasteiger partial charge in [-0.3, -0.25) is 0 Å². The number of aliphatic hydroxyl groups excluding tert-OH is 2. The van der Waals surface area contributed by atoms with Crippen molar-refractivity contribution in [3.05, 3.63) is 281 Å². The molecule has 3 heterocycles. The predicted octanol–water partition coefficient (Wildman–Crippen LogP) is 11.0. The number of aliphatic hydroxyl groups is 2. The zero-order valence-corrected chi connectivity index (χ0v) is 45.5. The average Bonchev–Trinajstić information content (AvgIpc) is 3.39. The summed E-state index contributed by atoms with van der Waals surface area (Å²) in [5.41, 5.74) is 7.47. The van der Waals surface area contributed by atoms with E-state index in [1.54, 1.807) is 73.0 Å². The van der Waals surface area contributed by atoms with Gasteiger partial charge in [0.15, 0.2) is 18.5 Å². The Balaban J connectivity index is 0.881. The molecule has 424 valence electrons. The van der Waals surface area contributed by atoms with Crippen LogP contribution in [0.2, 0.25) is 0 Å². The summed E-state index contributed by atoms with van der Waals surface area (Å²) in [5, 5.41) is 24.9. The van der Waals surface area contributed by atoms with Gasteiger partial charge in [-0.2, -0.15) is 0 Å². The highest BCUT2D eigenvalue weighted by molar-refractivity contribution is 5.90. The van der Waals surface area contributed by atoms with Crippen LogP contribution in [-0.4, -0.2) is 90.5 Å². The number of hydrogen-bond acceptors (Lipinski definition) is 14. The number of esters is 2. The zero-order chi connectivity index (χ0) is 56.7. The fraction of sp³-hybridized carbons (Fsp3) is 0.246. The molecule has 10 atom stereocenters. The highest BCUT2D eigenvalue weighted by Gasteiger charge is 2.53. The Morgan fingerprint density at radius 2 is 0.988 bits per heavy atom. The monoisotopic (exact) mass is 1120 g/mol. The van der Waals surface area contributed by atoms with E-state index in [1.807, 2.05) is 158 Å². The summed E-state index contributed by atoms with van der Waals surface area (Å²) in [6.45, 7) is 0.630. The second-order valence-electron chi connectivity index (χ2n) is 20.6. The van der Waals surface area contributed by atoms with Crippen LogP contribution in [-0.2, 0) is 70.7 Å². The molecule has 0 amide bonds. The lowest BCUT2D eigenvalue weighted by Gasteiger charge is -2.46. The number of ether oxygens (including phenoxy) is 10. The van der Waals surface area contributed by atoms with Crippen LogP contribution in [0.4, 0.5) is 0 Å². The number of rotatable bonds is 22. The van der Waals surface area contributed by atoms with Gasteiger partial charge in [0.05, 0.1) is 50.4 Å². The zero-order valence-electron chi connectivity index (χ0n) is 45.5. The topological polar surface area (TPSA) is 167 Å². The van der Waals surface area contributed by atoms with Gasteiger partial charge >= 0.3 is 11.9 Å². The van der Waals surface area contributed by atoms with Gasteiger partial charge in [0, 0.05) is 6.42 Å². The van der Waals surface area contributed by atoms with E-state index in [4.69, 9.17) is 47.4 Å². The third-order valence-electron chi connectivity index (χ3n) is 14.8. The van der Waals surface area contributed by atoms with Crippen LogP contribution >= 0.6 is 0 Å². The van der Waals surface area contributed by atoms with Gasteiger partial charge in [-0.15, -0.1) is 0 Å². The van der Waals surface area contributed by atoms with Gasteiger partial charge < -0.3 is 57.6 Å². The molecule has 2 N–H and O–H groups in total. The van der Waals surface area contributed by atoms with Gasteiger partial charge in [-0.05, 0) is 87.0 Å². The molecule has 14 heteroatoms. The SMILES string of the molecule is O=C(O[C@@H]1[C@@H](OC(=O)c2ccccc2)[C@H](O)[C@@H](CO[C@H]2O[C@H](COCc3ccccc3)[C@@H](OCc3ccccc3)[C@H](OCc3ccccc3)[C@H]2O)O[C@H]1c1ccc2c(c1)OC=C(c1ccc(OCc3ccccc3)cc1)C2)c1ccccc1. The van der Waals surface area contributed by atoms with Crippen LogP contribution in [0, 0.1) is 0 Å². The Labute approximate surface area is 482 Å².